The molecular weight excluding hydrogens is 355 g/mol. The molecule has 1 heterocycles. The van der Waals surface area contributed by atoms with E-state index in [2.05, 4.69) is 5.32 Å². The Bertz CT molecular complexity index is 665. The van der Waals surface area contributed by atoms with Crippen LogP contribution < -0.4 is 10.1 Å². The summed E-state index contributed by atoms with van der Waals surface area (Å²) in [5, 5.41) is 22.3. The van der Waals surface area contributed by atoms with Crippen molar-refractivity contribution in [2.24, 2.45) is 0 Å². The van der Waals surface area contributed by atoms with Crippen molar-refractivity contribution < 1.29 is 19.2 Å². The SMILES string of the molecule is CC(C)Oc1ccc(NC2CCCCO2)c(C(=N)BOC(C)(C)C(C)(C)O)c1. The third-order valence-electron chi connectivity index (χ3n) is 5.23. The Morgan fingerprint density at radius 2 is 2.00 bits per heavy atom. The number of ether oxygens (including phenoxy) is 2. The van der Waals surface area contributed by atoms with Gasteiger partial charge in [-0.15, -0.1) is 0 Å². The average molecular weight is 390 g/mol. The predicted octanol–water partition coefficient (Wildman–Crippen LogP) is 3.66. The molecule has 1 fully saturated rings. The normalized spacial score (nSPS) is 18.1. The molecule has 0 aromatic heterocycles. The van der Waals surface area contributed by atoms with Gasteiger partial charge in [0.15, 0.2) is 0 Å². The second-order valence-electron chi connectivity index (χ2n) is 8.71. The molecule has 1 unspecified atom stereocenters. The fourth-order valence-corrected chi connectivity index (χ4v) is 2.78. The Hall–Kier alpha value is -1.57. The van der Waals surface area contributed by atoms with Gasteiger partial charge in [-0.3, -0.25) is 0 Å². The van der Waals surface area contributed by atoms with E-state index in [1.54, 1.807) is 13.8 Å². The largest absolute Gasteiger partial charge is 0.491 e. The van der Waals surface area contributed by atoms with Crippen molar-refractivity contribution in [2.45, 2.75) is 84.3 Å². The van der Waals surface area contributed by atoms with Crippen LogP contribution in [0, 0.1) is 5.41 Å². The number of rotatable bonds is 9. The van der Waals surface area contributed by atoms with Crippen molar-refractivity contribution in [1.29, 1.82) is 5.41 Å². The van der Waals surface area contributed by atoms with Crippen LogP contribution in [-0.2, 0) is 9.39 Å². The number of benzene rings is 1. The quantitative estimate of drug-likeness (QED) is 0.443. The van der Waals surface area contributed by atoms with Gasteiger partial charge in [0, 0.05) is 23.5 Å². The number of aliphatic hydroxyl groups is 1. The fraction of sp³-hybridized carbons (Fsp3) is 0.667. The molecule has 0 bridgehead atoms. The summed E-state index contributed by atoms with van der Waals surface area (Å²) in [5.41, 5.74) is 0.0691. The molecule has 1 saturated heterocycles. The average Bonchev–Trinajstić information content (AvgIpc) is 2.60. The Kier molecular flexibility index (Phi) is 7.54. The Labute approximate surface area is 169 Å². The molecule has 7 heteroatoms. The second-order valence-corrected chi connectivity index (χ2v) is 8.71. The first-order valence-electron chi connectivity index (χ1n) is 10.1. The molecule has 1 aliphatic heterocycles. The number of nitrogens with one attached hydrogen (secondary N) is 2. The van der Waals surface area contributed by atoms with E-state index >= 15 is 0 Å². The van der Waals surface area contributed by atoms with Crippen molar-refractivity contribution in [1.82, 2.24) is 0 Å². The van der Waals surface area contributed by atoms with Gasteiger partial charge in [-0.1, -0.05) is 0 Å². The van der Waals surface area contributed by atoms with Crippen molar-refractivity contribution >= 4 is 18.8 Å². The molecule has 156 valence electrons. The highest BCUT2D eigenvalue weighted by molar-refractivity contribution is 6.74. The van der Waals surface area contributed by atoms with Crippen LogP contribution in [0.4, 0.5) is 5.69 Å². The lowest BCUT2D eigenvalue weighted by Crippen LogP contribution is -2.48. The van der Waals surface area contributed by atoms with Crippen LogP contribution in [0.5, 0.6) is 5.75 Å². The number of anilines is 1. The molecule has 0 aliphatic carbocycles. The third-order valence-corrected chi connectivity index (χ3v) is 5.23. The third kappa shape index (κ3) is 6.22. The highest BCUT2D eigenvalue weighted by Crippen LogP contribution is 2.28. The standard InChI is InChI=1S/C21H35BN2O4/c1-14(2)27-15-10-11-17(24-18-9-7-8-12-26-18)16(13-15)19(23)22-28-21(5,6)20(3,4)25/h10-11,13-14,18,22-25H,7-9,12H2,1-6H3. The van der Waals surface area contributed by atoms with Crippen molar-refractivity contribution in [3.05, 3.63) is 23.8 Å². The molecule has 28 heavy (non-hydrogen) atoms. The van der Waals surface area contributed by atoms with Gasteiger partial charge >= 0.3 is 7.48 Å². The summed E-state index contributed by atoms with van der Waals surface area (Å²) in [7, 11) is 0.0856. The van der Waals surface area contributed by atoms with E-state index in [0.717, 1.165) is 37.1 Å². The Morgan fingerprint density at radius 1 is 1.29 bits per heavy atom. The van der Waals surface area contributed by atoms with E-state index in [1.807, 2.05) is 45.9 Å². The van der Waals surface area contributed by atoms with Crippen molar-refractivity contribution in [2.75, 3.05) is 11.9 Å². The summed E-state index contributed by atoms with van der Waals surface area (Å²) in [5.74, 6) is 0.714. The van der Waals surface area contributed by atoms with Crippen LogP contribution in [0.25, 0.3) is 0 Å². The minimum Gasteiger partial charge on any atom is -0.491 e. The van der Waals surface area contributed by atoms with Crippen LogP contribution in [0.1, 0.15) is 66.4 Å². The molecule has 0 radical (unpaired) electrons. The summed E-state index contributed by atoms with van der Waals surface area (Å²) in [6, 6.07) is 5.71. The van der Waals surface area contributed by atoms with Crippen molar-refractivity contribution in [3.8, 4) is 5.75 Å². The summed E-state index contributed by atoms with van der Waals surface area (Å²) in [4.78, 5) is 0. The summed E-state index contributed by atoms with van der Waals surface area (Å²) >= 11 is 0. The molecule has 0 amide bonds. The van der Waals surface area contributed by atoms with E-state index in [1.165, 1.54) is 0 Å². The molecule has 1 aromatic rings. The van der Waals surface area contributed by atoms with Gasteiger partial charge in [-0.25, -0.2) is 0 Å². The van der Waals surface area contributed by atoms with E-state index in [9.17, 15) is 5.11 Å². The highest BCUT2D eigenvalue weighted by atomic mass is 16.5. The topological polar surface area (TPSA) is 83.8 Å². The van der Waals surface area contributed by atoms with Crippen LogP contribution >= 0.6 is 0 Å². The minimum atomic E-state index is -1.02. The zero-order valence-corrected chi connectivity index (χ0v) is 18.1. The van der Waals surface area contributed by atoms with E-state index < -0.39 is 11.2 Å². The maximum atomic E-state index is 10.3. The monoisotopic (exact) mass is 390 g/mol. The van der Waals surface area contributed by atoms with Gasteiger partial charge in [-0.2, -0.15) is 0 Å². The van der Waals surface area contributed by atoms with Crippen LogP contribution in [0.3, 0.4) is 0 Å². The number of hydrogen-bond donors (Lipinski definition) is 3. The summed E-state index contributed by atoms with van der Waals surface area (Å²) < 4.78 is 17.5. The van der Waals surface area contributed by atoms with E-state index in [-0.39, 0.29) is 19.8 Å². The second kappa shape index (κ2) is 9.29. The first-order chi connectivity index (χ1) is 13.0. The smallest absolute Gasteiger partial charge is 0.329 e. The minimum absolute atomic E-state index is 0.0490. The molecule has 1 aliphatic rings. The van der Waals surface area contributed by atoms with Crippen LogP contribution in [-0.4, -0.2) is 48.3 Å². The summed E-state index contributed by atoms with van der Waals surface area (Å²) in [6.45, 7) is 11.8. The number of hydrogen-bond acceptors (Lipinski definition) is 6. The molecule has 0 saturated carbocycles. The van der Waals surface area contributed by atoms with Gasteiger partial charge in [0.05, 0.1) is 17.3 Å². The first-order valence-corrected chi connectivity index (χ1v) is 10.1. The lowest BCUT2D eigenvalue weighted by Gasteiger charge is -2.37. The first kappa shape index (κ1) is 22.7. The van der Waals surface area contributed by atoms with Crippen LogP contribution in [0.2, 0.25) is 0 Å². The summed E-state index contributed by atoms with van der Waals surface area (Å²) in [6.07, 6.45) is 3.15. The zero-order chi connectivity index (χ0) is 20.9. The molecule has 1 atom stereocenters. The van der Waals surface area contributed by atoms with Gasteiger partial charge in [-0.05, 0) is 79.0 Å². The molecular formula is C21H35BN2O4. The molecule has 3 N–H and O–H groups in total. The molecule has 0 spiro atoms. The molecule has 6 nitrogen and oxygen atoms in total. The van der Waals surface area contributed by atoms with Gasteiger partial charge < -0.3 is 30.0 Å². The van der Waals surface area contributed by atoms with Crippen molar-refractivity contribution in [3.63, 3.8) is 0 Å². The highest BCUT2D eigenvalue weighted by Gasteiger charge is 2.36. The van der Waals surface area contributed by atoms with Crippen LogP contribution in [0.15, 0.2) is 18.2 Å². The van der Waals surface area contributed by atoms with E-state index in [4.69, 9.17) is 19.5 Å². The predicted molar refractivity (Wildman–Crippen MR) is 115 cm³/mol. The Balaban J connectivity index is 2.20. The lowest BCUT2D eigenvalue weighted by atomic mass is 9.81. The zero-order valence-electron chi connectivity index (χ0n) is 18.1. The lowest BCUT2D eigenvalue weighted by molar-refractivity contribution is -0.0890. The van der Waals surface area contributed by atoms with Gasteiger partial charge in [0.2, 0.25) is 0 Å². The maximum Gasteiger partial charge on any atom is 0.329 e. The van der Waals surface area contributed by atoms with Gasteiger partial charge in [0.1, 0.15) is 12.0 Å². The molecule has 1 aromatic carbocycles. The fourth-order valence-electron chi connectivity index (χ4n) is 2.78. The Morgan fingerprint density at radius 3 is 2.57 bits per heavy atom. The molecule has 2 rings (SSSR count). The van der Waals surface area contributed by atoms with Gasteiger partial charge in [0.25, 0.3) is 0 Å². The maximum absolute atomic E-state index is 10.3. The van der Waals surface area contributed by atoms with E-state index in [0.29, 0.717) is 11.4 Å².